The Bertz CT molecular complexity index is 430. The molecule has 0 aliphatic carbocycles. The van der Waals surface area contributed by atoms with Gasteiger partial charge in [-0.25, -0.2) is 0 Å². The molecule has 1 amide bonds. The highest BCUT2D eigenvalue weighted by Crippen LogP contribution is 2.23. The zero-order valence-corrected chi connectivity index (χ0v) is 11.7. The molecule has 4 heteroatoms. The maximum Gasteiger partial charge on any atom is 0.242 e. The van der Waals surface area contributed by atoms with E-state index in [4.69, 9.17) is 5.73 Å². The van der Waals surface area contributed by atoms with Gasteiger partial charge < -0.3 is 16.0 Å². The summed E-state index contributed by atoms with van der Waals surface area (Å²) in [6.45, 7) is 5.71. The van der Waals surface area contributed by atoms with Crippen molar-refractivity contribution < 1.29 is 4.79 Å². The molecule has 0 spiro atoms. The van der Waals surface area contributed by atoms with Gasteiger partial charge in [0.25, 0.3) is 0 Å². The summed E-state index contributed by atoms with van der Waals surface area (Å²) < 4.78 is 0. The largest absolute Gasteiger partial charge is 0.358 e. The maximum absolute atomic E-state index is 11.9. The van der Waals surface area contributed by atoms with Gasteiger partial charge in [-0.1, -0.05) is 26.0 Å². The highest BCUT2D eigenvalue weighted by molar-refractivity contribution is 5.86. The molecule has 0 radical (unpaired) electrons. The van der Waals surface area contributed by atoms with Crippen molar-refractivity contribution in [1.29, 1.82) is 0 Å². The van der Waals surface area contributed by atoms with Gasteiger partial charge in [0.1, 0.15) is 6.04 Å². The summed E-state index contributed by atoms with van der Waals surface area (Å²) in [5.74, 6) is 0.128. The van der Waals surface area contributed by atoms with Crippen LogP contribution in [0.2, 0.25) is 0 Å². The van der Waals surface area contributed by atoms with Crippen molar-refractivity contribution in [1.82, 2.24) is 5.32 Å². The number of piperazine rings is 1. The fourth-order valence-electron chi connectivity index (χ4n) is 2.58. The molecule has 1 aliphatic rings. The molecule has 1 aromatic carbocycles. The molecule has 2 rings (SSSR count). The molecule has 2 unspecified atom stereocenters. The molecule has 1 aromatic rings. The van der Waals surface area contributed by atoms with Crippen molar-refractivity contribution in [3.63, 3.8) is 0 Å². The Kier molecular flexibility index (Phi) is 4.43. The average Bonchev–Trinajstić information content (AvgIpc) is 2.46. The van der Waals surface area contributed by atoms with Crippen molar-refractivity contribution >= 4 is 11.6 Å². The molecule has 19 heavy (non-hydrogen) atoms. The first kappa shape index (κ1) is 13.9. The number of nitrogens with two attached hydrogens (primary N) is 1. The molecule has 104 valence electrons. The van der Waals surface area contributed by atoms with Crippen molar-refractivity contribution in [2.24, 2.45) is 5.73 Å². The van der Waals surface area contributed by atoms with E-state index in [1.54, 1.807) is 0 Å². The van der Waals surface area contributed by atoms with Gasteiger partial charge in [0.05, 0.1) is 0 Å². The van der Waals surface area contributed by atoms with Crippen LogP contribution in [0, 0.1) is 0 Å². The van der Waals surface area contributed by atoms with Crippen LogP contribution in [0.15, 0.2) is 24.3 Å². The quantitative estimate of drug-likeness (QED) is 0.869. The third-order valence-corrected chi connectivity index (χ3v) is 3.81. The number of benzene rings is 1. The number of amides is 1. The average molecular weight is 261 g/mol. The van der Waals surface area contributed by atoms with Gasteiger partial charge in [-0.05, 0) is 30.5 Å². The normalized spacial score (nSPS) is 21.1. The van der Waals surface area contributed by atoms with E-state index in [2.05, 4.69) is 41.4 Å². The highest BCUT2D eigenvalue weighted by atomic mass is 16.2. The first-order valence-corrected chi connectivity index (χ1v) is 7.07. The minimum Gasteiger partial charge on any atom is -0.358 e. The minimum absolute atomic E-state index is 0.0561. The van der Waals surface area contributed by atoms with Gasteiger partial charge in [-0.2, -0.15) is 0 Å². The van der Waals surface area contributed by atoms with E-state index < -0.39 is 0 Å². The molecule has 4 nitrogen and oxygen atoms in total. The summed E-state index contributed by atoms with van der Waals surface area (Å²) in [6.07, 6.45) is 1.76. The first-order valence-electron chi connectivity index (χ1n) is 7.07. The van der Waals surface area contributed by atoms with Crippen LogP contribution in [-0.4, -0.2) is 25.0 Å². The Morgan fingerprint density at radius 3 is 2.63 bits per heavy atom. The van der Waals surface area contributed by atoms with E-state index in [0.29, 0.717) is 6.54 Å². The number of anilines is 1. The number of carbonyl (C=O) groups excluding carboxylic acids is 1. The molecule has 3 N–H and O–H groups in total. The SMILES string of the molecule is CCC(N)c1ccc(N2CCNC(=O)C2CC)cc1. The van der Waals surface area contributed by atoms with E-state index in [9.17, 15) is 4.79 Å². The van der Waals surface area contributed by atoms with Crippen molar-refractivity contribution in [3.05, 3.63) is 29.8 Å². The molecule has 1 aliphatic heterocycles. The lowest BCUT2D eigenvalue weighted by molar-refractivity contribution is -0.123. The van der Waals surface area contributed by atoms with Crippen molar-refractivity contribution in [3.8, 4) is 0 Å². The summed E-state index contributed by atoms with van der Waals surface area (Å²) in [5, 5.41) is 2.92. The van der Waals surface area contributed by atoms with Gasteiger partial charge in [0.2, 0.25) is 5.91 Å². The van der Waals surface area contributed by atoms with Crippen molar-refractivity contribution in [2.75, 3.05) is 18.0 Å². The number of hydrogen-bond donors (Lipinski definition) is 2. The second kappa shape index (κ2) is 6.06. The lowest BCUT2D eigenvalue weighted by Crippen LogP contribution is -2.55. The van der Waals surface area contributed by atoms with Gasteiger partial charge in [-0.3, -0.25) is 4.79 Å². The standard InChI is InChI=1S/C15H23N3O/c1-3-13(16)11-5-7-12(8-6-11)18-10-9-17-15(19)14(18)4-2/h5-8,13-14H,3-4,9-10,16H2,1-2H3,(H,17,19). The Morgan fingerprint density at radius 1 is 1.37 bits per heavy atom. The van der Waals surface area contributed by atoms with Crippen molar-refractivity contribution in [2.45, 2.75) is 38.8 Å². The summed E-state index contributed by atoms with van der Waals surface area (Å²) in [5.41, 5.74) is 8.28. The molecule has 2 atom stereocenters. The summed E-state index contributed by atoms with van der Waals surface area (Å²) >= 11 is 0. The number of hydrogen-bond acceptors (Lipinski definition) is 3. The topological polar surface area (TPSA) is 58.4 Å². The predicted octanol–water partition coefficient (Wildman–Crippen LogP) is 1.81. The molecule has 1 fully saturated rings. The van der Waals surface area contributed by atoms with Gasteiger partial charge in [-0.15, -0.1) is 0 Å². The molecular formula is C15H23N3O. The zero-order chi connectivity index (χ0) is 13.8. The second-order valence-corrected chi connectivity index (χ2v) is 5.01. The van der Waals surface area contributed by atoms with Crippen LogP contribution in [0.25, 0.3) is 0 Å². The smallest absolute Gasteiger partial charge is 0.242 e. The van der Waals surface area contributed by atoms with Gasteiger partial charge in [0.15, 0.2) is 0 Å². The minimum atomic E-state index is -0.0561. The molecule has 1 heterocycles. The first-order chi connectivity index (χ1) is 9.17. The van der Waals surface area contributed by atoms with E-state index in [1.165, 1.54) is 0 Å². The maximum atomic E-state index is 11.9. The fraction of sp³-hybridized carbons (Fsp3) is 0.533. The summed E-state index contributed by atoms with van der Waals surface area (Å²) in [4.78, 5) is 14.0. The van der Waals surface area contributed by atoms with E-state index in [0.717, 1.165) is 30.6 Å². The van der Waals surface area contributed by atoms with Crippen LogP contribution >= 0.6 is 0 Å². The monoisotopic (exact) mass is 261 g/mol. The van der Waals surface area contributed by atoms with E-state index in [1.807, 2.05) is 6.92 Å². The molecule has 0 saturated carbocycles. The Hall–Kier alpha value is -1.55. The Balaban J connectivity index is 2.18. The van der Waals surface area contributed by atoms with Crippen LogP contribution in [0.3, 0.4) is 0 Å². The van der Waals surface area contributed by atoms with Gasteiger partial charge in [0, 0.05) is 24.8 Å². The van der Waals surface area contributed by atoms with Crippen LogP contribution in [0.5, 0.6) is 0 Å². The third-order valence-electron chi connectivity index (χ3n) is 3.81. The molecular weight excluding hydrogens is 238 g/mol. The van der Waals surface area contributed by atoms with Gasteiger partial charge >= 0.3 is 0 Å². The Labute approximate surface area is 115 Å². The third kappa shape index (κ3) is 2.89. The lowest BCUT2D eigenvalue weighted by Gasteiger charge is -2.36. The Morgan fingerprint density at radius 2 is 2.05 bits per heavy atom. The number of carbonyl (C=O) groups is 1. The van der Waals surface area contributed by atoms with Crippen LogP contribution in [0.1, 0.15) is 38.3 Å². The van der Waals surface area contributed by atoms with E-state index >= 15 is 0 Å². The summed E-state index contributed by atoms with van der Waals surface area (Å²) in [7, 11) is 0. The highest BCUT2D eigenvalue weighted by Gasteiger charge is 2.27. The second-order valence-electron chi connectivity index (χ2n) is 5.01. The van der Waals surface area contributed by atoms with Crippen LogP contribution in [0.4, 0.5) is 5.69 Å². The fourth-order valence-corrected chi connectivity index (χ4v) is 2.58. The van der Waals surface area contributed by atoms with E-state index in [-0.39, 0.29) is 18.0 Å². The van der Waals surface area contributed by atoms with Crippen LogP contribution in [-0.2, 0) is 4.79 Å². The predicted molar refractivity (Wildman–Crippen MR) is 78.1 cm³/mol. The molecule has 0 bridgehead atoms. The molecule has 0 aromatic heterocycles. The number of nitrogens with one attached hydrogen (secondary N) is 1. The number of rotatable bonds is 4. The number of nitrogens with zero attached hydrogens (tertiary/aromatic N) is 1. The lowest BCUT2D eigenvalue weighted by atomic mass is 10.0. The molecule has 1 saturated heterocycles. The summed E-state index contributed by atoms with van der Waals surface area (Å²) in [6, 6.07) is 8.34. The van der Waals surface area contributed by atoms with Crippen LogP contribution < -0.4 is 16.0 Å². The zero-order valence-electron chi connectivity index (χ0n) is 11.7.